The Kier molecular flexibility index (Phi) is 14.4. The highest BCUT2D eigenvalue weighted by molar-refractivity contribution is 7.26. The summed E-state index contributed by atoms with van der Waals surface area (Å²) in [5, 5.41) is 0. The van der Waals surface area contributed by atoms with E-state index in [1.165, 1.54) is 49.7 Å². The van der Waals surface area contributed by atoms with Crippen molar-refractivity contribution in [3.05, 3.63) is 60.2 Å². The quantitative estimate of drug-likeness (QED) is 0.172. The van der Waals surface area contributed by atoms with Crippen molar-refractivity contribution in [2.24, 2.45) is 0 Å². The Hall–Kier alpha value is -1.35. The lowest BCUT2D eigenvalue weighted by atomic mass is 10.1. The zero-order chi connectivity index (χ0) is 22.0. The predicted octanol–water partition coefficient (Wildman–Crippen LogP) is 5.48. The number of pyridine rings is 2. The van der Waals surface area contributed by atoms with Crippen molar-refractivity contribution in [2.45, 2.75) is 91.1 Å². The summed E-state index contributed by atoms with van der Waals surface area (Å²) in [5.41, 5.74) is 2.78. The number of aryl methyl sites for hydroxylation is 4. The second-order valence-corrected chi connectivity index (χ2v) is 9.21. The van der Waals surface area contributed by atoms with Crippen molar-refractivity contribution in [1.82, 2.24) is 0 Å². The molecule has 0 unspecified atom stereocenters. The van der Waals surface area contributed by atoms with Gasteiger partial charge in [0.2, 0.25) is 0 Å². The lowest BCUT2D eigenvalue weighted by molar-refractivity contribution is -0.697. The highest BCUT2D eigenvalue weighted by Crippen LogP contribution is 2.15. The first-order valence-electron chi connectivity index (χ1n) is 12.3. The number of rotatable bonds is 18. The lowest BCUT2D eigenvalue weighted by Crippen LogP contribution is -2.32. The molecule has 0 saturated heterocycles. The smallest absolute Gasteiger partial charge is 0.212 e. The van der Waals surface area contributed by atoms with Gasteiger partial charge in [-0.15, -0.1) is 0 Å². The molecule has 2 heterocycles. The molecule has 2 aromatic heterocycles. The standard InChI is InChI=1S/C26H44N2O2P/c1-3-5-7-17-27-19-13-25(14-20-27)11-9-23-29-31-30-24-10-12-26-15-21-28(22-16-26)18-8-6-4-2/h13-16,19-22H,3-12,17-18,23-24,31H2,1-2H3/q+3. The van der Waals surface area contributed by atoms with E-state index in [0.717, 1.165) is 52.0 Å². The van der Waals surface area contributed by atoms with Crippen LogP contribution >= 0.6 is 9.03 Å². The average molecular weight is 448 g/mol. The molecule has 2 rings (SSSR count). The fraction of sp³-hybridized carbons (Fsp3) is 0.615. The minimum atomic E-state index is -0.340. The molecular weight excluding hydrogens is 403 g/mol. The van der Waals surface area contributed by atoms with Gasteiger partial charge in [-0.1, -0.05) is 26.7 Å². The summed E-state index contributed by atoms with van der Waals surface area (Å²) in [5.74, 6) is 0. The lowest BCUT2D eigenvalue weighted by Gasteiger charge is -2.02. The van der Waals surface area contributed by atoms with E-state index < -0.39 is 0 Å². The molecule has 4 nitrogen and oxygen atoms in total. The first-order chi connectivity index (χ1) is 15.3. The van der Waals surface area contributed by atoms with Crippen molar-refractivity contribution in [2.75, 3.05) is 13.2 Å². The van der Waals surface area contributed by atoms with Gasteiger partial charge in [-0.25, -0.2) is 18.2 Å². The normalized spacial score (nSPS) is 11.2. The van der Waals surface area contributed by atoms with Crippen LogP contribution in [0, 0.1) is 0 Å². The Bertz CT molecular complexity index is 617. The molecule has 5 heteroatoms. The maximum atomic E-state index is 5.71. The second-order valence-electron chi connectivity index (χ2n) is 8.35. The van der Waals surface area contributed by atoms with Gasteiger partial charge < -0.3 is 0 Å². The summed E-state index contributed by atoms with van der Waals surface area (Å²) in [4.78, 5) is 0. The van der Waals surface area contributed by atoms with E-state index in [0.29, 0.717) is 0 Å². The Morgan fingerprint density at radius 2 is 1.03 bits per heavy atom. The third-order valence-corrected chi connectivity index (χ3v) is 6.30. The van der Waals surface area contributed by atoms with E-state index in [1.807, 2.05) is 0 Å². The van der Waals surface area contributed by atoms with E-state index in [-0.39, 0.29) is 9.03 Å². The number of aromatic nitrogens is 2. The molecule has 0 aliphatic heterocycles. The zero-order valence-corrected chi connectivity index (χ0v) is 21.0. The third kappa shape index (κ3) is 12.3. The van der Waals surface area contributed by atoms with Crippen LogP contribution < -0.4 is 9.13 Å². The largest absolute Gasteiger partial charge is 0.250 e. The molecule has 0 spiro atoms. The van der Waals surface area contributed by atoms with E-state index in [4.69, 9.17) is 9.05 Å². The summed E-state index contributed by atoms with van der Waals surface area (Å²) in [6.07, 6.45) is 20.8. The molecule has 0 N–H and O–H groups in total. The number of nitrogens with zero attached hydrogens (tertiary/aromatic N) is 2. The number of hydrogen-bond acceptors (Lipinski definition) is 2. The van der Waals surface area contributed by atoms with E-state index in [9.17, 15) is 0 Å². The Morgan fingerprint density at radius 1 is 0.613 bits per heavy atom. The second kappa shape index (κ2) is 17.2. The van der Waals surface area contributed by atoms with Crippen LogP contribution in [0.3, 0.4) is 0 Å². The topological polar surface area (TPSA) is 26.2 Å². The van der Waals surface area contributed by atoms with Gasteiger partial charge >= 0.3 is 0 Å². The monoisotopic (exact) mass is 447 g/mol. The summed E-state index contributed by atoms with van der Waals surface area (Å²) in [7, 11) is -0.340. The Labute approximate surface area is 192 Å². The number of unbranched alkanes of at least 4 members (excludes halogenated alkanes) is 4. The molecule has 0 aliphatic carbocycles. The van der Waals surface area contributed by atoms with Gasteiger partial charge in [0.1, 0.15) is 13.1 Å². The van der Waals surface area contributed by atoms with Gasteiger partial charge in [-0.05, 0) is 49.7 Å². The summed E-state index contributed by atoms with van der Waals surface area (Å²) < 4.78 is 16.0. The molecular formula is C26H44N2O2P+3. The molecule has 31 heavy (non-hydrogen) atoms. The molecule has 2 aromatic rings. The summed E-state index contributed by atoms with van der Waals surface area (Å²) in [6, 6.07) is 8.97. The van der Waals surface area contributed by atoms with Crippen LogP contribution in [-0.4, -0.2) is 13.2 Å². The van der Waals surface area contributed by atoms with Crippen molar-refractivity contribution >= 4 is 9.03 Å². The molecule has 0 fully saturated rings. The van der Waals surface area contributed by atoms with Crippen molar-refractivity contribution in [3.8, 4) is 0 Å². The van der Waals surface area contributed by atoms with Crippen molar-refractivity contribution in [3.63, 3.8) is 0 Å². The molecule has 172 valence electrons. The maximum absolute atomic E-state index is 5.71. The molecule has 0 saturated carbocycles. The number of hydrogen-bond donors (Lipinski definition) is 0. The van der Waals surface area contributed by atoms with Gasteiger partial charge in [-0.3, -0.25) is 0 Å². The summed E-state index contributed by atoms with van der Waals surface area (Å²) >= 11 is 0. The highest BCUT2D eigenvalue weighted by atomic mass is 31.1. The van der Waals surface area contributed by atoms with Crippen LogP contribution in [0.4, 0.5) is 0 Å². The molecule has 0 atom stereocenters. The van der Waals surface area contributed by atoms with Crippen LogP contribution in [0.1, 0.15) is 76.3 Å². The van der Waals surface area contributed by atoms with E-state index >= 15 is 0 Å². The molecule has 0 bridgehead atoms. The fourth-order valence-corrected chi connectivity index (χ4v) is 4.18. The van der Waals surface area contributed by atoms with Gasteiger partial charge in [-0.2, -0.15) is 0 Å². The van der Waals surface area contributed by atoms with Gasteiger partial charge in [0, 0.05) is 37.1 Å². The molecule has 0 amide bonds. The van der Waals surface area contributed by atoms with Gasteiger partial charge in [0.05, 0.1) is 13.2 Å². The van der Waals surface area contributed by atoms with E-state index in [2.05, 4.69) is 72.0 Å². The van der Waals surface area contributed by atoms with Crippen LogP contribution in [0.2, 0.25) is 0 Å². The molecule has 0 aliphatic rings. The molecule has 0 radical (unpaired) electrons. The minimum Gasteiger partial charge on any atom is -0.212 e. The van der Waals surface area contributed by atoms with Crippen LogP contribution in [0.25, 0.3) is 0 Å². The first-order valence-corrected chi connectivity index (χ1v) is 13.3. The van der Waals surface area contributed by atoms with Crippen molar-refractivity contribution in [1.29, 1.82) is 0 Å². The molecule has 0 aromatic carbocycles. The minimum absolute atomic E-state index is 0.340. The van der Waals surface area contributed by atoms with Gasteiger partial charge in [0.25, 0.3) is 9.03 Å². The van der Waals surface area contributed by atoms with Gasteiger partial charge in [0.15, 0.2) is 24.8 Å². The van der Waals surface area contributed by atoms with Crippen LogP contribution in [-0.2, 0) is 35.0 Å². The zero-order valence-electron chi connectivity index (χ0n) is 19.8. The fourth-order valence-electron chi connectivity index (χ4n) is 3.56. The SMILES string of the molecule is CCCCC[n+]1ccc(CCCO[PH2+]OCCCc2cc[n+](CCCCC)cc2)cc1. The van der Waals surface area contributed by atoms with Crippen LogP contribution in [0.5, 0.6) is 0 Å². The van der Waals surface area contributed by atoms with Crippen molar-refractivity contribution < 1.29 is 18.2 Å². The summed E-state index contributed by atoms with van der Waals surface area (Å²) in [6.45, 7) is 8.32. The third-order valence-electron chi connectivity index (χ3n) is 5.55. The predicted molar refractivity (Wildman–Crippen MR) is 131 cm³/mol. The van der Waals surface area contributed by atoms with E-state index in [1.54, 1.807) is 0 Å². The average Bonchev–Trinajstić information content (AvgIpc) is 2.80. The Morgan fingerprint density at radius 3 is 1.42 bits per heavy atom. The Balaban J connectivity index is 1.44. The first kappa shape index (κ1) is 25.9. The maximum Gasteiger partial charge on any atom is 0.250 e. The highest BCUT2D eigenvalue weighted by Gasteiger charge is 2.04. The van der Waals surface area contributed by atoms with Crippen LogP contribution in [0.15, 0.2) is 49.1 Å².